The maximum Gasteiger partial charge on any atom is 0.134 e. The third kappa shape index (κ3) is 3.71. The van der Waals surface area contributed by atoms with E-state index in [2.05, 4.69) is 31.8 Å². The quantitative estimate of drug-likeness (QED) is 0.585. The maximum absolute atomic E-state index is 5.94. The van der Waals surface area contributed by atoms with Crippen LogP contribution in [0.25, 0.3) is 11.0 Å². The van der Waals surface area contributed by atoms with Crippen LogP contribution in [-0.2, 0) is 17.9 Å². The highest BCUT2D eigenvalue weighted by Gasteiger charge is 2.13. The molecule has 1 aromatic carbocycles. The third-order valence-corrected chi connectivity index (χ3v) is 3.10. The van der Waals surface area contributed by atoms with Crippen molar-refractivity contribution in [2.24, 2.45) is 5.92 Å². The SMILES string of the molecule is C=CCOCc1c(CNCC(C)C)oc2ccccc12. The molecule has 108 valence electrons. The second kappa shape index (κ2) is 7.27. The lowest BCUT2D eigenvalue weighted by Gasteiger charge is -2.07. The van der Waals surface area contributed by atoms with Crippen molar-refractivity contribution in [1.29, 1.82) is 0 Å². The number of rotatable bonds is 8. The Labute approximate surface area is 120 Å². The van der Waals surface area contributed by atoms with Crippen LogP contribution in [0.3, 0.4) is 0 Å². The first-order valence-corrected chi connectivity index (χ1v) is 7.11. The van der Waals surface area contributed by atoms with Gasteiger partial charge in [-0.3, -0.25) is 0 Å². The second-order valence-electron chi connectivity index (χ2n) is 5.33. The van der Waals surface area contributed by atoms with E-state index >= 15 is 0 Å². The zero-order valence-corrected chi connectivity index (χ0v) is 12.3. The average Bonchev–Trinajstić information content (AvgIpc) is 2.77. The van der Waals surface area contributed by atoms with Gasteiger partial charge in [0.25, 0.3) is 0 Å². The van der Waals surface area contributed by atoms with Crippen molar-refractivity contribution >= 4 is 11.0 Å². The molecule has 0 bridgehead atoms. The summed E-state index contributed by atoms with van der Waals surface area (Å²) in [5.41, 5.74) is 2.06. The highest BCUT2D eigenvalue weighted by Crippen LogP contribution is 2.26. The number of furan rings is 1. The number of hydrogen-bond acceptors (Lipinski definition) is 3. The largest absolute Gasteiger partial charge is 0.459 e. The van der Waals surface area contributed by atoms with Gasteiger partial charge in [0.05, 0.1) is 19.8 Å². The lowest BCUT2D eigenvalue weighted by Crippen LogP contribution is -2.19. The minimum atomic E-state index is 0.554. The van der Waals surface area contributed by atoms with Gasteiger partial charge in [0.15, 0.2) is 0 Å². The molecule has 0 spiro atoms. The summed E-state index contributed by atoms with van der Waals surface area (Å²) in [6.45, 7) is 10.9. The van der Waals surface area contributed by atoms with Crippen LogP contribution in [-0.4, -0.2) is 13.2 Å². The number of benzene rings is 1. The Balaban J connectivity index is 2.17. The molecule has 0 atom stereocenters. The topological polar surface area (TPSA) is 34.4 Å². The first kappa shape index (κ1) is 14.8. The fourth-order valence-corrected chi connectivity index (χ4v) is 2.17. The van der Waals surface area contributed by atoms with Crippen molar-refractivity contribution in [1.82, 2.24) is 5.32 Å². The average molecular weight is 273 g/mol. The van der Waals surface area contributed by atoms with Crippen molar-refractivity contribution in [3.8, 4) is 0 Å². The summed E-state index contributed by atoms with van der Waals surface area (Å²) in [6, 6.07) is 8.10. The van der Waals surface area contributed by atoms with Crippen LogP contribution in [0.2, 0.25) is 0 Å². The molecule has 0 aliphatic heterocycles. The molecule has 2 rings (SSSR count). The summed E-state index contributed by atoms with van der Waals surface area (Å²) in [7, 11) is 0. The smallest absolute Gasteiger partial charge is 0.134 e. The number of fused-ring (bicyclic) bond motifs is 1. The molecule has 1 aromatic heterocycles. The van der Waals surface area contributed by atoms with E-state index in [1.807, 2.05) is 18.2 Å². The van der Waals surface area contributed by atoms with E-state index in [0.29, 0.717) is 19.1 Å². The third-order valence-electron chi connectivity index (χ3n) is 3.10. The summed E-state index contributed by atoms with van der Waals surface area (Å²) in [6.07, 6.45) is 1.76. The number of hydrogen-bond donors (Lipinski definition) is 1. The van der Waals surface area contributed by atoms with Crippen LogP contribution in [0.4, 0.5) is 0 Å². The molecule has 0 radical (unpaired) electrons. The lowest BCUT2D eigenvalue weighted by molar-refractivity contribution is 0.148. The fourth-order valence-electron chi connectivity index (χ4n) is 2.17. The number of ether oxygens (including phenoxy) is 1. The highest BCUT2D eigenvalue weighted by atomic mass is 16.5. The molecule has 20 heavy (non-hydrogen) atoms. The Kier molecular flexibility index (Phi) is 5.39. The van der Waals surface area contributed by atoms with Gasteiger partial charge in [-0.15, -0.1) is 6.58 Å². The minimum Gasteiger partial charge on any atom is -0.459 e. The van der Waals surface area contributed by atoms with E-state index in [4.69, 9.17) is 9.15 Å². The van der Waals surface area contributed by atoms with Crippen molar-refractivity contribution in [2.45, 2.75) is 27.0 Å². The molecule has 3 heteroatoms. The van der Waals surface area contributed by atoms with E-state index in [1.165, 1.54) is 0 Å². The Morgan fingerprint density at radius 1 is 1.35 bits per heavy atom. The molecule has 0 saturated carbocycles. The van der Waals surface area contributed by atoms with Gasteiger partial charge in [-0.1, -0.05) is 38.1 Å². The van der Waals surface area contributed by atoms with E-state index in [0.717, 1.165) is 35.4 Å². The van der Waals surface area contributed by atoms with E-state index < -0.39 is 0 Å². The van der Waals surface area contributed by atoms with Gasteiger partial charge in [0, 0.05) is 10.9 Å². The predicted molar refractivity (Wildman–Crippen MR) is 82.6 cm³/mol. The van der Waals surface area contributed by atoms with Gasteiger partial charge < -0.3 is 14.5 Å². The minimum absolute atomic E-state index is 0.554. The number of nitrogens with one attached hydrogen (secondary N) is 1. The van der Waals surface area contributed by atoms with Crippen molar-refractivity contribution in [3.05, 3.63) is 48.2 Å². The molecule has 0 aliphatic rings. The maximum atomic E-state index is 5.94. The summed E-state index contributed by atoms with van der Waals surface area (Å²) in [5, 5.41) is 4.56. The highest BCUT2D eigenvalue weighted by molar-refractivity contribution is 5.82. The predicted octanol–water partition coefficient (Wildman–Crippen LogP) is 3.88. The second-order valence-corrected chi connectivity index (χ2v) is 5.33. The van der Waals surface area contributed by atoms with Gasteiger partial charge in [0.1, 0.15) is 11.3 Å². The number of para-hydroxylation sites is 1. The van der Waals surface area contributed by atoms with Gasteiger partial charge in [-0.2, -0.15) is 0 Å². The first-order chi connectivity index (χ1) is 9.72. The van der Waals surface area contributed by atoms with Crippen LogP contribution in [0.1, 0.15) is 25.2 Å². The molecular formula is C17H23NO2. The van der Waals surface area contributed by atoms with Crippen LogP contribution in [0, 0.1) is 5.92 Å². The van der Waals surface area contributed by atoms with Crippen molar-refractivity contribution in [3.63, 3.8) is 0 Å². The molecule has 0 aliphatic carbocycles. The summed E-state index contributed by atoms with van der Waals surface area (Å²) >= 11 is 0. The molecule has 0 amide bonds. The van der Waals surface area contributed by atoms with Gasteiger partial charge in [-0.05, 0) is 18.5 Å². The zero-order chi connectivity index (χ0) is 14.4. The fraction of sp³-hybridized carbons (Fsp3) is 0.412. The molecule has 1 heterocycles. The molecule has 1 N–H and O–H groups in total. The van der Waals surface area contributed by atoms with E-state index in [9.17, 15) is 0 Å². The Morgan fingerprint density at radius 3 is 2.90 bits per heavy atom. The van der Waals surface area contributed by atoms with Crippen molar-refractivity contribution < 1.29 is 9.15 Å². The molecule has 3 nitrogen and oxygen atoms in total. The monoisotopic (exact) mass is 273 g/mol. The van der Waals surface area contributed by atoms with Gasteiger partial charge in [0.2, 0.25) is 0 Å². The van der Waals surface area contributed by atoms with Crippen LogP contribution >= 0.6 is 0 Å². The summed E-state index contributed by atoms with van der Waals surface area (Å²) in [5.74, 6) is 1.59. The summed E-state index contributed by atoms with van der Waals surface area (Å²) in [4.78, 5) is 0. The molecule has 0 unspecified atom stereocenters. The molecule has 0 fully saturated rings. The summed E-state index contributed by atoms with van der Waals surface area (Å²) < 4.78 is 11.5. The standard InChI is InChI=1S/C17H23NO2/c1-4-9-19-12-15-14-7-5-6-8-16(14)20-17(15)11-18-10-13(2)3/h4-8,13,18H,1,9-12H2,2-3H3. The van der Waals surface area contributed by atoms with E-state index in [-0.39, 0.29) is 0 Å². The van der Waals surface area contributed by atoms with Crippen molar-refractivity contribution in [2.75, 3.05) is 13.2 Å². The molecule has 0 saturated heterocycles. The Hall–Kier alpha value is -1.58. The Morgan fingerprint density at radius 2 is 2.15 bits per heavy atom. The normalized spacial score (nSPS) is 11.3. The van der Waals surface area contributed by atoms with Crippen LogP contribution in [0.5, 0.6) is 0 Å². The zero-order valence-electron chi connectivity index (χ0n) is 12.3. The van der Waals surface area contributed by atoms with Crippen LogP contribution < -0.4 is 5.32 Å². The Bertz CT molecular complexity index is 557. The van der Waals surface area contributed by atoms with Crippen LogP contribution in [0.15, 0.2) is 41.3 Å². The van der Waals surface area contributed by atoms with E-state index in [1.54, 1.807) is 6.08 Å². The van der Waals surface area contributed by atoms with Gasteiger partial charge in [-0.25, -0.2) is 0 Å². The molecule has 2 aromatic rings. The van der Waals surface area contributed by atoms with Gasteiger partial charge >= 0.3 is 0 Å². The first-order valence-electron chi connectivity index (χ1n) is 7.11. The lowest BCUT2D eigenvalue weighted by atomic mass is 10.1. The molecular weight excluding hydrogens is 250 g/mol.